The molecule has 102 valence electrons. The third-order valence-electron chi connectivity index (χ3n) is 2.10. The molecule has 0 aliphatic heterocycles. The Bertz CT molecular complexity index is 450. The molecule has 0 aromatic heterocycles. The maximum absolute atomic E-state index is 11.8. The summed E-state index contributed by atoms with van der Waals surface area (Å²) >= 11 is 8.94. The van der Waals surface area contributed by atoms with E-state index >= 15 is 0 Å². The molecule has 1 aromatic rings. The van der Waals surface area contributed by atoms with Crippen LogP contribution >= 0.6 is 27.5 Å². The lowest BCUT2D eigenvalue weighted by atomic mass is 10.4. The average Bonchev–Trinajstić information content (AvgIpc) is 2.34. The summed E-state index contributed by atoms with van der Waals surface area (Å²) in [6.07, 6.45) is 0.639. The molecule has 0 fully saturated rings. The molecule has 4 nitrogen and oxygen atoms in total. The first kappa shape index (κ1) is 15.9. The van der Waals surface area contributed by atoms with E-state index in [2.05, 4.69) is 20.7 Å². The third-order valence-corrected chi connectivity index (χ3v) is 4.16. The highest BCUT2D eigenvalue weighted by molar-refractivity contribution is 9.09. The molecule has 0 heterocycles. The first-order valence-electron chi connectivity index (χ1n) is 5.45. The quantitative estimate of drug-likeness (QED) is 0.575. The zero-order valence-corrected chi connectivity index (χ0v) is 12.9. The molecule has 0 spiro atoms. The topological polar surface area (TPSA) is 55.4 Å². The minimum atomic E-state index is -3.44. The Morgan fingerprint density at radius 1 is 1.22 bits per heavy atom. The first-order valence-corrected chi connectivity index (χ1v) is 8.43. The minimum absolute atomic E-state index is 0.216. The minimum Gasteiger partial charge on any atom is -0.381 e. The van der Waals surface area contributed by atoms with Crippen LogP contribution in [0.3, 0.4) is 0 Å². The highest BCUT2D eigenvalue weighted by Crippen LogP contribution is 2.13. The molecular weight excluding hydrogens is 342 g/mol. The van der Waals surface area contributed by atoms with Crippen molar-refractivity contribution < 1.29 is 13.2 Å². The van der Waals surface area contributed by atoms with Gasteiger partial charge in [-0.15, -0.1) is 0 Å². The van der Waals surface area contributed by atoms with Crippen LogP contribution < -0.4 is 4.72 Å². The van der Waals surface area contributed by atoms with E-state index in [9.17, 15) is 8.42 Å². The summed E-state index contributed by atoms with van der Waals surface area (Å²) in [5.74, 6) is 0. The maximum atomic E-state index is 11.8. The third kappa shape index (κ3) is 5.67. The highest BCUT2D eigenvalue weighted by atomic mass is 79.9. The molecule has 1 aromatic carbocycles. The van der Waals surface area contributed by atoms with Gasteiger partial charge in [-0.3, -0.25) is 0 Å². The van der Waals surface area contributed by atoms with Crippen LogP contribution in [0.15, 0.2) is 29.2 Å². The molecule has 0 atom stereocenters. The Morgan fingerprint density at radius 2 is 1.89 bits per heavy atom. The largest absolute Gasteiger partial charge is 0.381 e. The van der Waals surface area contributed by atoms with Crippen molar-refractivity contribution >= 4 is 37.6 Å². The van der Waals surface area contributed by atoms with Crippen LogP contribution in [0.2, 0.25) is 5.02 Å². The molecule has 0 aliphatic carbocycles. The molecule has 0 saturated carbocycles. The second-order valence-corrected chi connectivity index (χ2v) is 6.50. The normalized spacial score (nSPS) is 11.7. The van der Waals surface area contributed by atoms with Crippen molar-refractivity contribution in [1.82, 2.24) is 4.72 Å². The average molecular weight is 357 g/mol. The molecule has 0 aliphatic rings. The van der Waals surface area contributed by atoms with Crippen LogP contribution in [0.5, 0.6) is 0 Å². The number of sulfonamides is 1. The summed E-state index contributed by atoms with van der Waals surface area (Å²) in [4.78, 5) is 0.216. The lowest BCUT2D eigenvalue weighted by Crippen LogP contribution is -2.25. The van der Waals surface area contributed by atoms with Crippen molar-refractivity contribution in [3.05, 3.63) is 29.3 Å². The fourth-order valence-electron chi connectivity index (χ4n) is 1.23. The number of benzene rings is 1. The Kier molecular flexibility index (Phi) is 7.18. The van der Waals surface area contributed by atoms with Crippen LogP contribution in [0.4, 0.5) is 0 Å². The predicted octanol–water partition coefficient (Wildman–Crippen LogP) is 2.42. The fourth-order valence-corrected chi connectivity index (χ4v) is 2.66. The van der Waals surface area contributed by atoms with E-state index in [1.807, 2.05) is 0 Å². The number of ether oxygens (including phenoxy) is 1. The second-order valence-electron chi connectivity index (χ2n) is 3.51. The molecule has 1 rings (SSSR count). The van der Waals surface area contributed by atoms with Gasteiger partial charge in [-0.25, -0.2) is 13.1 Å². The fraction of sp³-hybridized carbons (Fsp3) is 0.455. The van der Waals surface area contributed by atoms with Gasteiger partial charge in [0.1, 0.15) is 0 Å². The van der Waals surface area contributed by atoms with Crippen LogP contribution in [0.25, 0.3) is 0 Å². The van der Waals surface area contributed by atoms with E-state index in [-0.39, 0.29) is 4.90 Å². The van der Waals surface area contributed by atoms with Gasteiger partial charge in [0.15, 0.2) is 0 Å². The molecule has 0 unspecified atom stereocenters. The van der Waals surface area contributed by atoms with Gasteiger partial charge in [0, 0.05) is 23.5 Å². The van der Waals surface area contributed by atoms with Crippen molar-refractivity contribution in [2.75, 3.05) is 25.1 Å². The van der Waals surface area contributed by atoms with E-state index in [0.717, 1.165) is 5.33 Å². The smallest absolute Gasteiger partial charge is 0.240 e. The summed E-state index contributed by atoms with van der Waals surface area (Å²) in [6, 6.07) is 6.06. The van der Waals surface area contributed by atoms with Crippen molar-refractivity contribution in [2.24, 2.45) is 0 Å². The zero-order valence-electron chi connectivity index (χ0n) is 9.73. The van der Waals surface area contributed by atoms with E-state index in [4.69, 9.17) is 16.3 Å². The summed E-state index contributed by atoms with van der Waals surface area (Å²) in [6.45, 7) is 1.52. The van der Waals surface area contributed by atoms with Crippen molar-refractivity contribution in [2.45, 2.75) is 11.3 Å². The lowest BCUT2D eigenvalue weighted by molar-refractivity contribution is 0.149. The SMILES string of the molecule is O=S(=O)(NCCCOCCBr)c1ccc(Cl)cc1. The second kappa shape index (κ2) is 8.12. The monoisotopic (exact) mass is 355 g/mol. The molecule has 7 heteroatoms. The zero-order chi connectivity index (χ0) is 13.4. The molecule has 0 radical (unpaired) electrons. The number of halogens is 2. The van der Waals surface area contributed by atoms with Crippen molar-refractivity contribution in [3.63, 3.8) is 0 Å². The van der Waals surface area contributed by atoms with Gasteiger partial charge in [-0.2, -0.15) is 0 Å². The molecule has 0 amide bonds. The maximum Gasteiger partial charge on any atom is 0.240 e. The van der Waals surface area contributed by atoms with Gasteiger partial charge in [0.05, 0.1) is 11.5 Å². The number of nitrogens with one attached hydrogen (secondary N) is 1. The van der Waals surface area contributed by atoms with Gasteiger partial charge < -0.3 is 4.74 Å². The van der Waals surface area contributed by atoms with Gasteiger partial charge in [0.25, 0.3) is 0 Å². The van der Waals surface area contributed by atoms with Crippen molar-refractivity contribution in [1.29, 1.82) is 0 Å². The summed E-state index contributed by atoms with van der Waals surface area (Å²) in [7, 11) is -3.44. The Morgan fingerprint density at radius 3 is 2.50 bits per heavy atom. The summed E-state index contributed by atoms with van der Waals surface area (Å²) in [5, 5.41) is 1.29. The van der Waals surface area contributed by atoms with E-state index in [1.165, 1.54) is 12.1 Å². The highest BCUT2D eigenvalue weighted by Gasteiger charge is 2.12. The first-order chi connectivity index (χ1) is 8.56. The predicted molar refractivity (Wildman–Crippen MR) is 75.9 cm³/mol. The van der Waals surface area contributed by atoms with Crippen LogP contribution in [0.1, 0.15) is 6.42 Å². The molecular formula is C11H15BrClNO3S. The number of hydrogen-bond acceptors (Lipinski definition) is 3. The van der Waals surface area contributed by atoms with Crippen LogP contribution in [-0.4, -0.2) is 33.5 Å². The van der Waals surface area contributed by atoms with Crippen LogP contribution in [-0.2, 0) is 14.8 Å². The number of alkyl halides is 1. The van der Waals surface area contributed by atoms with Gasteiger partial charge >= 0.3 is 0 Å². The molecule has 0 saturated heterocycles. The van der Waals surface area contributed by atoms with Gasteiger partial charge in [-0.05, 0) is 30.7 Å². The van der Waals surface area contributed by atoms with Crippen LogP contribution in [0, 0.1) is 0 Å². The van der Waals surface area contributed by atoms with Crippen molar-refractivity contribution in [3.8, 4) is 0 Å². The van der Waals surface area contributed by atoms with Gasteiger partial charge in [0.2, 0.25) is 10.0 Å². The molecule has 18 heavy (non-hydrogen) atoms. The molecule has 1 N–H and O–H groups in total. The lowest BCUT2D eigenvalue weighted by Gasteiger charge is -2.07. The summed E-state index contributed by atoms with van der Waals surface area (Å²) in [5.41, 5.74) is 0. The number of hydrogen-bond donors (Lipinski definition) is 1. The van der Waals surface area contributed by atoms with Gasteiger partial charge in [-0.1, -0.05) is 27.5 Å². The summed E-state index contributed by atoms with van der Waals surface area (Å²) < 4.78 is 31.4. The van der Waals surface area contributed by atoms with E-state index in [1.54, 1.807) is 12.1 Å². The Balaban J connectivity index is 2.38. The standard InChI is InChI=1S/C11H15BrClNO3S/c12-6-9-17-8-1-7-14-18(15,16)11-4-2-10(13)3-5-11/h2-5,14H,1,6-9H2. The van der Waals surface area contributed by atoms with E-state index in [0.29, 0.717) is 31.2 Å². The molecule has 0 bridgehead atoms. The Hall–Kier alpha value is -0.140. The van der Waals surface area contributed by atoms with E-state index < -0.39 is 10.0 Å². The Labute approximate surface area is 121 Å². The number of rotatable bonds is 8.